The van der Waals surface area contributed by atoms with Crippen LogP contribution in [0.3, 0.4) is 0 Å². The standard InChI is InChI=1S/C19H26N4O2/c1-22-12-16(15-6-9-20-17(15)19(22)25)18(24)21-13-7-10-23(11-8-13)14-4-2-3-5-14/h6,9,12-14,20H,2-5,7-8,10-11H2,1H3,(H,21,24). The van der Waals surface area contributed by atoms with E-state index in [2.05, 4.69) is 15.2 Å². The smallest absolute Gasteiger partial charge is 0.274 e. The Morgan fingerprint density at radius 2 is 1.92 bits per heavy atom. The van der Waals surface area contributed by atoms with E-state index in [1.54, 1.807) is 25.5 Å². The third kappa shape index (κ3) is 3.11. The number of aromatic amines is 1. The van der Waals surface area contributed by atoms with Gasteiger partial charge in [-0.1, -0.05) is 12.8 Å². The maximum absolute atomic E-state index is 12.8. The SMILES string of the molecule is Cn1cc(C(=O)NC2CCN(C3CCCC3)CC2)c2cc[nH]c2c1=O. The Morgan fingerprint density at radius 3 is 2.64 bits per heavy atom. The van der Waals surface area contributed by atoms with Crippen LogP contribution in [0.4, 0.5) is 0 Å². The van der Waals surface area contributed by atoms with Gasteiger partial charge in [0.25, 0.3) is 11.5 Å². The first-order chi connectivity index (χ1) is 12.1. The minimum atomic E-state index is -0.110. The number of fused-ring (bicyclic) bond motifs is 1. The molecule has 1 saturated carbocycles. The van der Waals surface area contributed by atoms with E-state index in [9.17, 15) is 9.59 Å². The highest BCUT2D eigenvalue weighted by molar-refractivity contribution is 6.06. The Labute approximate surface area is 147 Å². The van der Waals surface area contributed by atoms with Gasteiger partial charge in [-0.2, -0.15) is 0 Å². The van der Waals surface area contributed by atoms with Crippen molar-refractivity contribution in [2.75, 3.05) is 13.1 Å². The number of likely N-dealkylation sites (tertiary alicyclic amines) is 1. The van der Waals surface area contributed by atoms with E-state index in [0.29, 0.717) is 16.5 Å². The van der Waals surface area contributed by atoms with Crippen molar-refractivity contribution in [2.45, 2.75) is 50.6 Å². The van der Waals surface area contributed by atoms with E-state index in [0.717, 1.165) is 32.0 Å². The van der Waals surface area contributed by atoms with Gasteiger partial charge in [0.15, 0.2) is 0 Å². The molecule has 3 heterocycles. The van der Waals surface area contributed by atoms with Gasteiger partial charge in [0.2, 0.25) is 0 Å². The third-order valence-electron chi connectivity index (χ3n) is 5.84. The number of aromatic nitrogens is 2. The lowest BCUT2D eigenvalue weighted by Crippen LogP contribution is -2.47. The number of aryl methyl sites for hydroxylation is 1. The van der Waals surface area contributed by atoms with Gasteiger partial charge in [-0.15, -0.1) is 0 Å². The second-order valence-electron chi connectivity index (χ2n) is 7.45. The highest BCUT2D eigenvalue weighted by Crippen LogP contribution is 2.26. The molecular weight excluding hydrogens is 316 g/mol. The second-order valence-corrected chi connectivity index (χ2v) is 7.45. The first kappa shape index (κ1) is 16.4. The first-order valence-corrected chi connectivity index (χ1v) is 9.35. The molecule has 0 aromatic carbocycles. The van der Waals surface area contributed by atoms with E-state index in [1.807, 2.05) is 0 Å². The molecule has 2 aromatic rings. The van der Waals surface area contributed by atoms with Gasteiger partial charge in [0.05, 0.1) is 5.56 Å². The number of hydrogen-bond donors (Lipinski definition) is 2. The van der Waals surface area contributed by atoms with Crippen molar-refractivity contribution in [3.8, 4) is 0 Å². The molecule has 0 radical (unpaired) electrons. The topological polar surface area (TPSA) is 70.1 Å². The van der Waals surface area contributed by atoms with Gasteiger partial charge in [0.1, 0.15) is 5.52 Å². The van der Waals surface area contributed by atoms with Crippen LogP contribution in [0, 0.1) is 0 Å². The number of amides is 1. The average Bonchev–Trinajstić information content (AvgIpc) is 3.30. The molecule has 134 valence electrons. The Morgan fingerprint density at radius 1 is 1.20 bits per heavy atom. The number of rotatable bonds is 3. The zero-order chi connectivity index (χ0) is 17.4. The number of hydrogen-bond acceptors (Lipinski definition) is 3. The Kier molecular flexibility index (Phi) is 4.37. The second kappa shape index (κ2) is 6.67. The van der Waals surface area contributed by atoms with Gasteiger partial charge in [-0.25, -0.2) is 0 Å². The van der Waals surface area contributed by atoms with Crippen molar-refractivity contribution in [1.82, 2.24) is 19.8 Å². The van der Waals surface area contributed by atoms with Crippen molar-refractivity contribution < 1.29 is 4.79 Å². The molecule has 6 nitrogen and oxygen atoms in total. The van der Waals surface area contributed by atoms with E-state index >= 15 is 0 Å². The van der Waals surface area contributed by atoms with Crippen molar-refractivity contribution >= 4 is 16.8 Å². The fraction of sp³-hybridized carbons (Fsp3) is 0.579. The lowest BCUT2D eigenvalue weighted by Gasteiger charge is -2.36. The summed E-state index contributed by atoms with van der Waals surface area (Å²) in [7, 11) is 1.68. The van der Waals surface area contributed by atoms with Crippen LogP contribution in [-0.2, 0) is 7.05 Å². The van der Waals surface area contributed by atoms with Gasteiger partial charge in [-0.3, -0.25) is 9.59 Å². The molecule has 1 amide bonds. The van der Waals surface area contributed by atoms with Crippen molar-refractivity contribution in [3.05, 3.63) is 34.4 Å². The molecule has 0 unspecified atom stereocenters. The van der Waals surface area contributed by atoms with E-state index in [-0.39, 0.29) is 17.5 Å². The molecule has 0 spiro atoms. The van der Waals surface area contributed by atoms with Gasteiger partial charge in [0, 0.05) is 50.0 Å². The zero-order valence-corrected chi connectivity index (χ0v) is 14.8. The summed E-state index contributed by atoms with van der Waals surface area (Å²) in [5, 5.41) is 3.88. The zero-order valence-electron chi connectivity index (χ0n) is 14.8. The average molecular weight is 342 g/mol. The van der Waals surface area contributed by atoms with Crippen LogP contribution in [-0.4, -0.2) is 45.5 Å². The van der Waals surface area contributed by atoms with Crippen LogP contribution in [0.5, 0.6) is 0 Å². The first-order valence-electron chi connectivity index (χ1n) is 9.35. The predicted octanol–water partition coefficient (Wildman–Crippen LogP) is 2.00. The molecule has 1 aliphatic heterocycles. The molecule has 25 heavy (non-hydrogen) atoms. The van der Waals surface area contributed by atoms with Crippen LogP contribution >= 0.6 is 0 Å². The van der Waals surface area contributed by atoms with E-state index in [4.69, 9.17) is 0 Å². The van der Waals surface area contributed by atoms with Gasteiger partial charge < -0.3 is 19.8 Å². The van der Waals surface area contributed by atoms with E-state index < -0.39 is 0 Å². The highest BCUT2D eigenvalue weighted by Gasteiger charge is 2.28. The highest BCUT2D eigenvalue weighted by atomic mass is 16.2. The molecule has 1 saturated heterocycles. The maximum atomic E-state index is 12.8. The summed E-state index contributed by atoms with van der Waals surface area (Å²) in [6, 6.07) is 2.78. The van der Waals surface area contributed by atoms with Gasteiger partial charge >= 0.3 is 0 Å². The summed E-state index contributed by atoms with van der Waals surface area (Å²) < 4.78 is 1.47. The minimum Gasteiger partial charge on any atom is -0.357 e. The quantitative estimate of drug-likeness (QED) is 0.896. The van der Waals surface area contributed by atoms with Crippen LogP contribution in [0.1, 0.15) is 48.9 Å². The molecule has 6 heteroatoms. The van der Waals surface area contributed by atoms with Crippen molar-refractivity contribution in [2.24, 2.45) is 7.05 Å². The Balaban J connectivity index is 1.44. The fourth-order valence-corrected chi connectivity index (χ4v) is 4.39. The van der Waals surface area contributed by atoms with Crippen molar-refractivity contribution in [3.63, 3.8) is 0 Å². The van der Waals surface area contributed by atoms with Crippen molar-refractivity contribution in [1.29, 1.82) is 0 Å². The largest absolute Gasteiger partial charge is 0.357 e. The summed E-state index contributed by atoms with van der Waals surface area (Å²) in [5.41, 5.74) is 0.948. The van der Waals surface area contributed by atoms with Crippen LogP contribution in [0.25, 0.3) is 10.9 Å². The van der Waals surface area contributed by atoms with Gasteiger partial charge in [-0.05, 0) is 31.7 Å². The summed E-state index contributed by atoms with van der Waals surface area (Å²) in [4.78, 5) is 30.4. The molecular formula is C19H26N4O2. The molecule has 2 aromatic heterocycles. The van der Waals surface area contributed by atoms with Crippen LogP contribution in [0.2, 0.25) is 0 Å². The lowest BCUT2D eigenvalue weighted by molar-refractivity contribution is 0.0893. The Bertz CT molecular complexity index is 824. The lowest BCUT2D eigenvalue weighted by atomic mass is 10.0. The third-order valence-corrected chi connectivity index (χ3v) is 5.84. The van der Waals surface area contributed by atoms with E-state index in [1.165, 1.54) is 30.3 Å². The molecule has 2 aliphatic rings. The summed E-state index contributed by atoms with van der Waals surface area (Å²) in [6.45, 7) is 2.14. The number of carbonyl (C=O) groups is 1. The molecule has 2 fully saturated rings. The molecule has 1 aliphatic carbocycles. The minimum absolute atomic E-state index is 0.0838. The maximum Gasteiger partial charge on any atom is 0.274 e. The summed E-state index contributed by atoms with van der Waals surface area (Å²) in [5.74, 6) is -0.0838. The number of carbonyl (C=O) groups excluding carboxylic acids is 1. The van der Waals surface area contributed by atoms with Crippen LogP contribution < -0.4 is 10.9 Å². The number of piperidine rings is 1. The molecule has 0 atom stereocenters. The fourth-order valence-electron chi connectivity index (χ4n) is 4.39. The van der Waals surface area contributed by atoms with Crippen LogP contribution in [0.15, 0.2) is 23.3 Å². The number of nitrogens with zero attached hydrogens (tertiary/aromatic N) is 2. The number of pyridine rings is 1. The normalized spacial score (nSPS) is 20.4. The number of H-pyrrole nitrogens is 1. The molecule has 2 N–H and O–H groups in total. The predicted molar refractivity (Wildman–Crippen MR) is 97.9 cm³/mol. The number of nitrogens with one attached hydrogen (secondary N) is 2. The summed E-state index contributed by atoms with van der Waals surface area (Å²) >= 11 is 0. The monoisotopic (exact) mass is 342 g/mol. The molecule has 4 rings (SSSR count). The molecule has 0 bridgehead atoms. The summed E-state index contributed by atoms with van der Waals surface area (Å²) in [6.07, 6.45) is 10.8. The Hall–Kier alpha value is -2.08.